The first-order valence-electron chi connectivity index (χ1n) is 7.74. The predicted octanol–water partition coefficient (Wildman–Crippen LogP) is 4.36. The van der Waals surface area contributed by atoms with Crippen LogP contribution in [0.1, 0.15) is 54.5 Å². The molecule has 0 saturated heterocycles. The van der Waals surface area contributed by atoms with E-state index in [-0.39, 0.29) is 11.5 Å². The molecule has 1 atom stereocenters. The summed E-state index contributed by atoms with van der Waals surface area (Å²) in [7, 11) is 1.82. The third kappa shape index (κ3) is 3.16. The van der Waals surface area contributed by atoms with Crippen molar-refractivity contribution in [1.29, 1.82) is 0 Å². The maximum absolute atomic E-state index is 11.6. The molecule has 1 aromatic carbocycles. The fourth-order valence-electron chi connectivity index (χ4n) is 3.30. The number of carbonyl (C=O) groups is 1. The number of alkyl halides is 1. The van der Waals surface area contributed by atoms with Crippen LogP contribution in [-0.2, 0) is 16.0 Å². The summed E-state index contributed by atoms with van der Waals surface area (Å²) in [5.41, 5.74) is 3.58. The van der Waals surface area contributed by atoms with E-state index in [1.165, 1.54) is 17.5 Å². The van der Waals surface area contributed by atoms with E-state index in [4.69, 9.17) is 4.74 Å². The molecule has 1 unspecified atom stereocenters. The number of rotatable bonds is 4. The molecule has 2 aliphatic rings. The molecule has 0 radical (unpaired) electrons. The molecule has 3 rings (SSSR count). The SMILES string of the molecule is COC1(CC(Br)c2ccc3c(c2)CCCC(=O)N3)CCC1. The number of nitrogens with one attached hydrogen (secondary N) is 1. The van der Waals surface area contributed by atoms with Crippen molar-refractivity contribution in [3.8, 4) is 0 Å². The fraction of sp³-hybridized carbons (Fsp3) is 0.588. The minimum absolute atomic E-state index is 0.0647. The van der Waals surface area contributed by atoms with Crippen LogP contribution in [0, 0.1) is 0 Å². The summed E-state index contributed by atoms with van der Waals surface area (Å²) in [6.45, 7) is 0. The van der Waals surface area contributed by atoms with Crippen LogP contribution in [0.3, 0.4) is 0 Å². The Balaban J connectivity index is 1.76. The maximum atomic E-state index is 11.6. The number of fused-ring (bicyclic) bond motifs is 1. The van der Waals surface area contributed by atoms with E-state index in [0.29, 0.717) is 11.2 Å². The number of ether oxygens (including phenoxy) is 1. The van der Waals surface area contributed by atoms with E-state index in [9.17, 15) is 4.79 Å². The molecule has 0 bridgehead atoms. The number of benzene rings is 1. The lowest BCUT2D eigenvalue weighted by atomic mass is 9.76. The number of hydrogen-bond donors (Lipinski definition) is 1. The van der Waals surface area contributed by atoms with Gasteiger partial charge in [-0.1, -0.05) is 28.1 Å². The van der Waals surface area contributed by atoms with Crippen molar-refractivity contribution in [3.63, 3.8) is 0 Å². The van der Waals surface area contributed by atoms with Gasteiger partial charge in [-0.05, 0) is 55.7 Å². The maximum Gasteiger partial charge on any atom is 0.224 e. The van der Waals surface area contributed by atoms with Gasteiger partial charge in [0.25, 0.3) is 0 Å². The van der Waals surface area contributed by atoms with Crippen LogP contribution < -0.4 is 5.32 Å². The number of amides is 1. The molecular formula is C17H22BrNO2. The minimum atomic E-state index is 0.0647. The Labute approximate surface area is 134 Å². The van der Waals surface area contributed by atoms with Crippen molar-refractivity contribution < 1.29 is 9.53 Å². The van der Waals surface area contributed by atoms with Gasteiger partial charge in [0.2, 0.25) is 5.91 Å². The molecule has 1 aliphatic heterocycles. The van der Waals surface area contributed by atoms with Crippen molar-refractivity contribution in [2.45, 2.75) is 55.4 Å². The first-order valence-corrected chi connectivity index (χ1v) is 8.65. The Morgan fingerprint density at radius 1 is 1.33 bits per heavy atom. The first-order chi connectivity index (χ1) is 10.1. The van der Waals surface area contributed by atoms with Gasteiger partial charge in [0.1, 0.15) is 0 Å². The van der Waals surface area contributed by atoms with Crippen LogP contribution in [0.25, 0.3) is 0 Å². The van der Waals surface area contributed by atoms with Gasteiger partial charge in [-0.15, -0.1) is 0 Å². The van der Waals surface area contributed by atoms with Gasteiger partial charge in [-0.3, -0.25) is 4.79 Å². The zero-order chi connectivity index (χ0) is 14.9. The second kappa shape index (κ2) is 6.09. The summed E-state index contributed by atoms with van der Waals surface area (Å²) in [5, 5.41) is 2.99. The highest BCUT2D eigenvalue weighted by atomic mass is 79.9. The molecule has 0 spiro atoms. The summed E-state index contributed by atoms with van der Waals surface area (Å²) in [6.07, 6.45) is 7.11. The third-order valence-electron chi connectivity index (χ3n) is 4.86. The highest BCUT2D eigenvalue weighted by Crippen LogP contribution is 2.45. The molecule has 1 aliphatic carbocycles. The van der Waals surface area contributed by atoms with E-state index >= 15 is 0 Å². The van der Waals surface area contributed by atoms with Gasteiger partial charge >= 0.3 is 0 Å². The Morgan fingerprint density at radius 3 is 2.81 bits per heavy atom. The molecule has 1 fully saturated rings. The zero-order valence-electron chi connectivity index (χ0n) is 12.5. The number of carbonyl (C=O) groups excluding carboxylic acids is 1. The van der Waals surface area contributed by atoms with Gasteiger partial charge in [-0.25, -0.2) is 0 Å². The van der Waals surface area contributed by atoms with Gasteiger partial charge in [0, 0.05) is 24.0 Å². The number of aryl methyl sites for hydroxylation is 1. The summed E-state index contributed by atoms with van der Waals surface area (Å²) < 4.78 is 5.73. The lowest BCUT2D eigenvalue weighted by Gasteiger charge is -2.42. The predicted molar refractivity (Wildman–Crippen MR) is 87.9 cm³/mol. The molecular weight excluding hydrogens is 330 g/mol. The second-order valence-electron chi connectivity index (χ2n) is 6.23. The highest BCUT2D eigenvalue weighted by molar-refractivity contribution is 9.09. The first kappa shape index (κ1) is 15.0. The second-order valence-corrected chi connectivity index (χ2v) is 7.34. The van der Waals surface area contributed by atoms with Crippen molar-refractivity contribution in [2.24, 2.45) is 0 Å². The standard InChI is InChI=1S/C17H22BrNO2/c1-21-17(8-3-9-17)11-14(18)12-6-7-15-13(10-12)4-2-5-16(20)19-15/h6-7,10,14H,2-5,8-9,11H2,1H3,(H,19,20). The van der Waals surface area contributed by atoms with Crippen LogP contribution in [0.2, 0.25) is 0 Å². The van der Waals surface area contributed by atoms with E-state index in [0.717, 1.165) is 37.8 Å². The summed E-state index contributed by atoms with van der Waals surface area (Å²) in [4.78, 5) is 11.9. The van der Waals surface area contributed by atoms with E-state index < -0.39 is 0 Å². The minimum Gasteiger partial charge on any atom is -0.378 e. The molecule has 114 valence electrons. The Bertz CT molecular complexity index is 534. The zero-order valence-corrected chi connectivity index (χ0v) is 14.0. The number of methoxy groups -OCH3 is 1. The van der Waals surface area contributed by atoms with Crippen molar-refractivity contribution in [2.75, 3.05) is 12.4 Å². The van der Waals surface area contributed by atoms with E-state index in [1.807, 2.05) is 13.2 Å². The molecule has 4 heteroatoms. The van der Waals surface area contributed by atoms with Crippen LogP contribution in [-0.4, -0.2) is 18.6 Å². The Morgan fingerprint density at radius 2 is 2.14 bits per heavy atom. The largest absolute Gasteiger partial charge is 0.378 e. The average molecular weight is 352 g/mol. The molecule has 1 saturated carbocycles. The summed E-state index contributed by atoms with van der Waals surface area (Å²) >= 11 is 3.83. The topological polar surface area (TPSA) is 38.3 Å². The molecule has 3 nitrogen and oxygen atoms in total. The van der Waals surface area contributed by atoms with Gasteiger partial charge in [0.15, 0.2) is 0 Å². The van der Waals surface area contributed by atoms with Gasteiger partial charge in [-0.2, -0.15) is 0 Å². The average Bonchev–Trinajstić information content (AvgIpc) is 2.62. The van der Waals surface area contributed by atoms with E-state index in [1.54, 1.807) is 0 Å². The number of anilines is 1. The van der Waals surface area contributed by atoms with Crippen LogP contribution in [0.5, 0.6) is 0 Å². The highest BCUT2D eigenvalue weighted by Gasteiger charge is 2.38. The lowest BCUT2D eigenvalue weighted by Crippen LogP contribution is -2.39. The summed E-state index contributed by atoms with van der Waals surface area (Å²) in [6, 6.07) is 6.40. The molecule has 1 aromatic rings. The monoisotopic (exact) mass is 351 g/mol. The van der Waals surface area contributed by atoms with Crippen LogP contribution in [0.15, 0.2) is 18.2 Å². The molecule has 1 N–H and O–H groups in total. The van der Waals surface area contributed by atoms with Crippen molar-refractivity contribution >= 4 is 27.5 Å². The van der Waals surface area contributed by atoms with Crippen LogP contribution >= 0.6 is 15.9 Å². The lowest BCUT2D eigenvalue weighted by molar-refractivity contribution is -0.116. The third-order valence-corrected chi connectivity index (χ3v) is 5.72. The summed E-state index contributed by atoms with van der Waals surface area (Å²) in [5.74, 6) is 0.129. The van der Waals surface area contributed by atoms with E-state index in [2.05, 4.69) is 33.4 Å². The van der Waals surface area contributed by atoms with Crippen LogP contribution in [0.4, 0.5) is 5.69 Å². The normalized spacial score (nSPS) is 21.7. The van der Waals surface area contributed by atoms with Crippen molar-refractivity contribution in [3.05, 3.63) is 29.3 Å². The molecule has 1 heterocycles. The Kier molecular flexibility index (Phi) is 4.36. The van der Waals surface area contributed by atoms with Gasteiger partial charge in [0.05, 0.1) is 5.60 Å². The van der Waals surface area contributed by atoms with Crippen molar-refractivity contribution in [1.82, 2.24) is 0 Å². The quantitative estimate of drug-likeness (QED) is 0.818. The number of hydrogen-bond acceptors (Lipinski definition) is 2. The smallest absolute Gasteiger partial charge is 0.224 e. The number of halogens is 1. The Hall–Kier alpha value is -0.870. The fourth-order valence-corrected chi connectivity index (χ4v) is 4.17. The molecule has 1 amide bonds. The van der Waals surface area contributed by atoms with Gasteiger partial charge < -0.3 is 10.1 Å². The molecule has 21 heavy (non-hydrogen) atoms. The molecule has 0 aromatic heterocycles.